The number of non-ortho nitro benzene ring substituents is 1. The van der Waals surface area contributed by atoms with Crippen LogP contribution in [0.1, 0.15) is 22.2 Å². The van der Waals surface area contributed by atoms with Crippen LogP contribution in [0.5, 0.6) is 5.75 Å². The number of hydrogen-bond donors (Lipinski definition) is 0. The van der Waals surface area contributed by atoms with Crippen LogP contribution in [0.3, 0.4) is 0 Å². The van der Waals surface area contributed by atoms with Gasteiger partial charge in [-0.05, 0) is 49.7 Å². The lowest BCUT2D eigenvalue weighted by atomic mass is 10.1. The van der Waals surface area contributed by atoms with Gasteiger partial charge in [-0.15, -0.1) is 11.3 Å². The predicted molar refractivity (Wildman–Crippen MR) is 113 cm³/mol. The molecule has 3 rings (SSSR count). The summed E-state index contributed by atoms with van der Waals surface area (Å²) in [6.07, 6.45) is 0. The van der Waals surface area contributed by atoms with Crippen LogP contribution in [0.15, 0.2) is 47.5 Å². The van der Waals surface area contributed by atoms with Crippen LogP contribution in [-0.2, 0) is 7.05 Å². The Balaban J connectivity index is 1.98. The van der Waals surface area contributed by atoms with Gasteiger partial charge < -0.3 is 9.30 Å². The number of hydrogen-bond acceptors (Lipinski definition) is 5. The van der Waals surface area contributed by atoms with E-state index in [1.165, 1.54) is 23.5 Å². The van der Waals surface area contributed by atoms with Gasteiger partial charge in [0, 0.05) is 24.1 Å². The maximum Gasteiger partial charge on any atom is 0.281 e. The number of ether oxygens (including phenoxy) is 1. The molecule has 1 heterocycles. The summed E-state index contributed by atoms with van der Waals surface area (Å²) in [5.41, 5.74) is 1.86. The zero-order valence-electron chi connectivity index (χ0n) is 16.0. The molecule has 0 fully saturated rings. The second-order valence-electron chi connectivity index (χ2n) is 6.14. The van der Waals surface area contributed by atoms with Crippen molar-refractivity contribution in [1.29, 1.82) is 0 Å². The van der Waals surface area contributed by atoms with Gasteiger partial charge in [0.05, 0.1) is 27.8 Å². The third-order valence-corrected chi connectivity index (χ3v) is 5.59. The van der Waals surface area contributed by atoms with E-state index in [9.17, 15) is 14.9 Å². The molecule has 1 aromatic heterocycles. The number of carbonyl (C=O) groups excluding carboxylic acids is 1. The highest BCUT2D eigenvalue weighted by Gasteiger charge is 2.16. The van der Waals surface area contributed by atoms with E-state index < -0.39 is 10.8 Å². The lowest BCUT2D eigenvalue weighted by Crippen LogP contribution is -2.14. The largest absolute Gasteiger partial charge is 0.494 e. The first-order valence-corrected chi connectivity index (χ1v) is 9.94. The molecule has 0 aliphatic heterocycles. The topological polar surface area (TPSA) is 86.7 Å². The first kappa shape index (κ1) is 20.8. The number of thiazole rings is 1. The SMILES string of the molecule is CCOc1ccc(-c2c(C)sc(=NC(=O)c3ccc([N+](=O)[O-])cc3Cl)n2C)cc1. The normalized spacial score (nSPS) is 11.5. The molecule has 0 saturated carbocycles. The molecule has 0 aliphatic carbocycles. The molecule has 0 aliphatic rings. The predicted octanol–water partition coefficient (Wildman–Crippen LogP) is 4.76. The Morgan fingerprint density at radius 2 is 1.97 bits per heavy atom. The summed E-state index contributed by atoms with van der Waals surface area (Å²) in [6.45, 7) is 4.48. The van der Waals surface area contributed by atoms with Crippen LogP contribution in [-0.4, -0.2) is 22.0 Å². The molecule has 7 nitrogen and oxygen atoms in total. The molecule has 3 aromatic rings. The molecular formula is C20H18ClN3O4S. The van der Waals surface area contributed by atoms with Crippen molar-refractivity contribution in [1.82, 2.24) is 4.57 Å². The first-order chi connectivity index (χ1) is 13.8. The van der Waals surface area contributed by atoms with Gasteiger partial charge in [0.25, 0.3) is 11.6 Å². The fourth-order valence-corrected chi connectivity index (χ4v) is 4.13. The molecule has 2 aromatic carbocycles. The van der Waals surface area contributed by atoms with Crippen molar-refractivity contribution in [2.24, 2.45) is 12.0 Å². The fourth-order valence-electron chi connectivity index (χ4n) is 2.89. The van der Waals surface area contributed by atoms with Gasteiger partial charge in [0.15, 0.2) is 4.80 Å². The summed E-state index contributed by atoms with van der Waals surface area (Å²) in [5, 5.41) is 10.8. The van der Waals surface area contributed by atoms with Gasteiger partial charge in [0.2, 0.25) is 0 Å². The Bertz CT molecular complexity index is 1150. The molecule has 9 heteroatoms. The van der Waals surface area contributed by atoms with E-state index in [-0.39, 0.29) is 16.3 Å². The molecule has 0 spiro atoms. The molecule has 0 radical (unpaired) electrons. The number of carbonyl (C=O) groups is 1. The van der Waals surface area contributed by atoms with Gasteiger partial charge in [-0.25, -0.2) is 0 Å². The van der Waals surface area contributed by atoms with Crippen LogP contribution in [0.4, 0.5) is 5.69 Å². The minimum absolute atomic E-state index is 0.00406. The third kappa shape index (κ3) is 4.38. The Hall–Kier alpha value is -2.97. The van der Waals surface area contributed by atoms with E-state index >= 15 is 0 Å². The van der Waals surface area contributed by atoms with Crippen LogP contribution in [0.25, 0.3) is 11.3 Å². The molecular weight excluding hydrogens is 414 g/mol. The third-order valence-electron chi connectivity index (χ3n) is 4.23. The van der Waals surface area contributed by atoms with E-state index in [1.54, 1.807) is 0 Å². The Morgan fingerprint density at radius 3 is 2.55 bits per heavy atom. The van der Waals surface area contributed by atoms with Crippen LogP contribution >= 0.6 is 22.9 Å². The van der Waals surface area contributed by atoms with E-state index in [0.29, 0.717) is 11.4 Å². The number of amides is 1. The first-order valence-electron chi connectivity index (χ1n) is 8.74. The zero-order chi connectivity index (χ0) is 21.1. The summed E-state index contributed by atoms with van der Waals surface area (Å²) < 4.78 is 7.32. The number of nitrogens with zero attached hydrogens (tertiary/aromatic N) is 3. The molecule has 29 heavy (non-hydrogen) atoms. The van der Waals surface area contributed by atoms with Crippen molar-refractivity contribution >= 4 is 34.5 Å². The number of rotatable bonds is 5. The van der Waals surface area contributed by atoms with Crippen molar-refractivity contribution in [2.45, 2.75) is 13.8 Å². The molecule has 1 amide bonds. The van der Waals surface area contributed by atoms with Crippen LogP contribution in [0, 0.1) is 17.0 Å². The summed E-state index contributed by atoms with van der Waals surface area (Å²) in [6, 6.07) is 11.4. The molecule has 0 atom stereocenters. The number of halogens is 1. The van der Waals surface area contributed by atoms with Crippen molar-refractivity contribution < 1.29 is 14.5 Å². The van der Waals surface area contributed by atoms with Gasteiger partial charge >= 0.3 is 0 Å². The van der Waals surface area contributed by atoms with Crippen LogP contribution < -0.4 is 9.54 Å². The van der Waals surface area contributed by atoms with Gasteiger partial charge in [-0.3, -0.25) is 14.9 Å². The number of nitro benzene ring substituents is 1. The van der Waals surface area contributed by atoms with Gasteiger partial charge in [-0.1, -0.05) is 11.6 Å². The molecule has 0 bridgehead atoms. The summed E-state index contributed by atoms with van der Waals surface area (Å²) in [5.74, 6) is 0.236. The Labute approximate surface area is 176 Å². The Kier molecular flexibility index (Phi) is 6.14. The highest BCUT2D eigenvalue weighted by Crippen LogP contribution is 2.27. The van der Waals surface area contributed by atoms with E-state index in [0.717, 1.165) is 28.0 Å². The highest BCUT2D eigenvalue weighted by molar-refractivity contribution is 7.09. The smallest absolute Gasteiger partial charge is 0.281 e. The number of nitro groups is 1. The van der Waals surface area contributed by atoms with Crippen molar-refractivity contribution in [3.63, 3.8) is 0 Å². The number of aryl methyl sites for hydroxylation is 1. The lowest BCUT2D eigenvalue weighted by Gasteiger charge is -2.07. The van der Waals surface area contributed by atoms with Crippen molar-refractivity contribution in [3.05, 3.63) is 72.8 Å². The van der Waals surface area contributed by atoms with E-state index in [2.05, 4.69) is 4.99 Å². The quantitative estimate of drug-likeness (QED) is 0.430. The lowest BCUT2D eigenvalue weighted by molar-refractivity contribution is -0.384. The fraction of sp³-hybridized carbons (Fsp3) is 0.200. The zero-order valence-corrected chi connectivity index (χ0v) is 17.6. The van der Waals surface area contributed by atoms with Crippen LogP contribution in [0.2, 0.25) is 5.02 Å². The molecule has 0 N–H and O–H groups in total. The average molecular weight is 432 g/mol. The maximum absolute atomic E-state index is 12.6. The summed E-state index contributed by atoms with van der Waals surface area (Å²) in [7, 11) is 1.83. The van der Waals surface area contributed by atoms with E-state index in [4.69, 9.17) is 16.3 Å². The van der Waals surface area contributed by atoms with Crippen molar-refractivity contribution in [2.75, 3.05) is 6.61 Å². The standard InChI is InChI=1S/C20H18ClN3O4S/c1-4-28-15-8-5-13(6-9-15)18-12(2)29-20(23(18)3)22-19(25)16-10-7-14(24(26)27)11-17(16)21/h5-11H,4H2,1-3H3. The monoisotopic (exact) mass is 431 g/mol. The number of benzene rings is 2. The minimum Gasteiger partial charge on any atom is -0.494 e. The summed E-state index contributed by atoms with van der Waals surface area (Å²) in [4.78, 5) is 28.5. The van der Waals surface area contributed by atoms with E-state index in [1.807, 2.05) is 49.7 Å². The number of aromatic nitrogens is 1. The van der Waals surface area contributed by atoms with Gasteiger partial charge in [0.1, 0.15) is 5.75 Å². The summed E-state index contributed by atoms with van der Waals surface area (Å²) >= 11 is 7.43. The molecule has 0 unspecified atom stereocenters. The second-order valence-corrected chi connectivity index (χ2v) is 7.73. The van der Waals surface area contributed by atoms with Crippen molar-refractivity contribution in [3.8, 4) is 17.0 Å². The van der Waals surface area contributed by atoms with Gasteiger partial charge in [-0.2, -0.15) is 4.99 Å². The molecule has 150 valence electrons. The second kappa shape index (κ2) is 8.59. The average Bonchev–Trinajstić information content (AvgIpc) is 2.95. The molecule has 0 saturated heterocycles. The highest BCUT2D eigenvalue weighted by atomic mass is 35.5. The minimum atomic E-state index is -0.566. The Morgan fingerprint density at radius 1 is 1.28 bits per heavy atom. The maximum atomic E-state index is 12.6.